The first-order valence-electron chi connectivity index (χ1n) is 9.62. The fourth-order valence-corrected chi connectivity index (χ4v) is 3.92. The molecule has 0 fully saturated rings. The molecular formula is C23H18ClN3O3S. The van der Waals surface area contributed by atoms with Crippen molar-refractivity contribution in [2.24, 2.45) is 0 Å². The van der Waals surface area contributed by atoms with Crippen molar-refractivity contribution in [1.82, 2.24) is 14.6 Å². The molecule has 156 valence electrons. The number of aromatic nitrogens is 3. The molecule has 0 bridgehead atoms. The van der Waals surface area contributed by atoms with E-state index in [-0.39, 0.29) is 12.2 Å². The molecule has 2 heterocycles. The molecule has 0 saturated carbocycles. The van der Waals surface area contributed by atoms with Crippen molar-refractivity contribution in [3.63, 3.8) is 0 Å². The second-order valence-electron chi connectivity index (χ2n) is 6.68. The van der Waals surface area contributed by atoms with Gasteiger partial charge in [0.2, 0.25) is 4.96 Å². The van der Waals surface area contributed by atoms with Gasteiger partial charge in [-0.2, -0.15) is 9.61 Å². The van der Waals surface area contributed by atoms with Crippen LogP contribution in [-0.4, -0.2) is 20.6 Å². The van der Waals surface area contributed by atoms with E-state index in [1.807, 2.05) is 37.3 Å². The third-order valence-corrected chi connectivity index (χ3v) is 5.78. The van der Waals surface area contributed by atoms with Crippen molar-refractivity contribution in [3.05, 3.63) is 97.9 Å². The van der Waals surface area contributed by atoms with E-state index in [0.717, 1.165) is 10.6 Å². The highest BCUT2D eigenvalue weighted by molar-refractivity contribution is 7.16. The standard InChI is InChI=1S/C23H18ClN3O3S/c1-2-20-26-27-21(28)13-18(25-23(27)31-20)14-30-22(29)19(12-15-6-4-3-5-7-15)16-8-10-17(24)11-9-16/h3-13H,2,14H2,1H3/b19-12+. The predicted octanol–water partition coefficient (Wildman–Crippen LogP) is 4.65. The molecule has 0 unspecified atom stereocenters. The highest BCUT2D eigenvalue weighted by atomic mass is 35.5. The van der Waals surface area contributed by atoms with E-state index >= 15 is 0 Å². The maximum Gasteiger partial charge on any atom is 0.339 e. The summed E-state index contributed by atoms with van der Waals surface area (Å²) in [5.74, 6) is -0.522. The number of esters is 1. The largest absolute Gasteiger partial charge is 0.456 e. The Morgan fingerprint density at radius 2 is 1.90 bits per heavy atom. The zero-order valence-corrected chi connectivity index (χ0v) is 18.2. The number of nitrogens with zero attached hydrogens (tertiary/aromatic N) is 3. The number of carbonyl (C=O) groups excluding carboxylic acids is 1. The van der Waals surface area contributed by atoms with E-state index in [1.165, 1.54) is 21.9 Å². The summed E-state index contributed by atoms with van der Waals surface area (Å²) in [6, 6.07) is 17.8. The third kappa shape index (κ3) is 4.90. The van der Waals surface area contributed by atoms with Crippen LogP contribution in [0.2, 0.25) is 5.02 Å². The molecule has 0 atom stereocenters. The van der Waals surface area contributed by atoms with E-state index in [1.54, 1.807) is 30.3 Å². The molecule has 0 saturated heterocycles. The van der Waals surface area contributed by atoms with Crippen LogP contribution < -0.4 is 5.56 Å². The molecule has 2 aromatic heterocycles. The number of hydrogen-bond acceptors (Lipinski definition) is 6. The summed E-state index contributed by atoms with van der Waals surface area (Å²) in [6.45, 7) is 1.84. The average Bonchev–Trinajstić information content (AvgIpc) is 3.21. The smallest absolute Gasteiger partial charge is 0.339 e. The Labute approximate surface area is 187 Å². The maximum atomic E-state index is 13.0. The van der Waals surface area contributed by atoms with Gasteiger partial charge in [-0.3, -0.25) is 4.79 Å². The molecule has 2 aromatic carbocycles. The first-order chi connectivity index (χ1) is 15.0. The molecule has 0 N–H and O–H groups in total. The van der Waals surface area contributed by atoms with Crippen LogP contribution in [0.5, 0.6) is 0 Å². The van der Waals surface area contributed by atoms with Crippen LogP contribution in [0.25, 0.3) is 16.6 Å². The van der Waals surface area contributed by atoms with Crippen molar-refractivity contribution < 1.29 is 9.53 Å². The Balaban J connectivity index is 1.60. The zero-order chi connectivity index (χ0) is 21.8. The Bertz CT molecular complexity index is 1310. The molecule has 8 heteroatoms. The Morgan fingerprint density at radius 1 is 1.16 bits per heavy atom. The molecule has 31 heavy (non-hydrogen) atoms. The van der Waals surface area contributed by atoms with E-state index in [9.17, 15) is 9.59 Å². The van der Waals surface area contributed by atoms with Crippen molar-refractivity contribution in [3.8, 4) is 0 Å². The second-order valence-corrected chi connectivity index (χ2v) is 8.16. The van der Waals surface area contributed by atoms with Gasteiger partial charge in [0.25, 0.3) is 5.56 Å². The summed E-state index contributed by atoms with van der Waals surface area (Å²) in [5, 5.41) is 5.61. The highest BCUT2D eigenvalue weighted by Crippen LogP contribution is 2.22. The van der Waals surface area contributed by atoms with Crippen LogP contribution in [0.1, 0.15) is 28.8 Å². The Morgan fingerprint density at radius 3 is 2.61 bits per heavy atom. The molecule has 6 nitrogen and oxygen atoms in total. The van der Waals surface area contributed by atoms with Gasteiger partial charge in [-0.15, -0.1) is 0 Å². The zero-order valence-electron chi connectivity index (χ0n) is 16.6. The molecule has 0 spiro atoms. The summed E-state index contributed by atoms with van der Waals surface area (Å²) < 4.78 is 6.78. The number of rotatable bonds is 6. The van der Waals surface area contributed by atoms with Crippen LogP contribution in [0.3, 0.4) is 0 Å². The Hall–Kier alpha value is -3.29. The van der Waals surface area contributed by atoms with Crippen molar-refractivity contribution >= 4 is 45.5 Å². The van der Waals surface area contributed by atoms with Crippen molar-refractivity contribution in [2.45, 2.75) is 20.0 Å². The van der Waals surface area contributed by atoms with Crippen LogP contribution >= 0.6 is 22.9 Å². The lowest BCUT2D eigenvalue weighted by Crippen LogP contribution is -2.17. The van der Waals surface area contributed by atoms with Crippen LogP contribution in [0.15, 0.2) is 65.5 Å². The number of carbonyl (C=O) groups is 1. The van der Waals surface area contributed by atoms with E-state index < -0.39 is 5.97 Å². The number of aryl methyl sites for hydroxylation is 1. The monoisotopic (exact) mass is 451 g/mol. The third-order valence-electron chi connectivity index (χ3n) is 4.48. The first kappa shape index (κ1) is 21.0. The lowest BCUT2D eigenvalue weighted by molar-refractivity contribution is -0.137. The second kappa shape index (κ2) is 9.24. The SMILES string of the molecule is CCc1nn2c(=O)cc(COC(=O)/C(=C/c3ccccc3)c3ccc(Cl)cc3)nc2s1. The molecular weight excluding hydrogens is 434 g/mol. The number of fused-ring (bicyclic) bond motifs is 1. The minimum Gasteiger partial charge on any atom is -0.456 e. The van der Waals surface area contributed by atoms with Crippen LogP contribution in [0, 0.1) is 0 Å². The molecule has 0 amide bonds. The molecule has 0 aliphatic rings. The van der Waals surface area contributed by atoms with Gasteiger partial charge in [0.15, 0.2) is 0 Å². The average molecular weight is 452 g/mol. The van der Waals surface area contributed by atoms with Gasteiger partial charge in [0.05, 0.1) is 11.3 Å². The molecule has 0 aliphatic carbocycles. The number of benzene rings is 2. The maximum absolute atomic E-state index is 13.0. The van der Waals surface area contributed by atoms with Gasteiger partial charge in [0, 0.05) is 11.1 Å². The van der Waals surface area contributed by atoms with Crippen molar-refractivity contribution in [1.29, 1.82) is 0 Å². The number of hydrogen-bond donors (Lipinski definition) is 0. The molecule has 4 aromatic rings. The summed E-state index contributed by atoms with van der Waals surface area (Å²) in [7, 11) is 0. The van der Waals surface area contributed by atoms with Crippen LogP contribution in [-0.2, 0) is 22.6 Å². The normalized spacial score (nSPS) is 11.6. The van der Waals surface area contributed by atoms with E-state index in [2.05, 4.69) is 10.1 Å². The van der Waals surface area contributed by atoms with Crippen molar-refractivity contribution in [2.75, 3.05) is 0 Å². The fourth-order valence-electron chi connectivity index (χ4n) is 2.94. The van der Waals surface area contributed by atoms with Gasteiger partial charge in [-0.1, -0.05) is 72.3 Å². The first-order valence-corrected chi connectivity index (χ1v) is 10.8. The quantitative estimate of drug-likeness (QED) is 0.242. The van der Waals surface area contributed by atoms with Gasteiger partial charge in [-0.25, -0.2) is 9.78 Å². The Kier molecular flexibility index (Phi) is 6.25. The van der Waals surface area contributed by atoms with E-state index in [0.29, 0.717) is 33.2 Å². The summed E-state index contributed by atoms with van der Waals surface area (Å²) in [6.07, 6.45) is 2.47. The minimum absolute atomic E-state index is 0.121. The van der Waals surface area contributed by atoms with Gasteiger partial charge < -0.3 is 4.74 Å². The summed E-state index contributed by atoms with van der Waals surface area (Å²) in [5.41, 5.74) is 1.99. The van der Waals surface area contributed by atoms with Crippen LogP contribution in [0.4, 0.5) is 0 Å². The molecule has 0 radical (unpaired) electrons. The predicted molar refractivity (Wildman–Crippen MR) is 122 cm³/mol. The topological polar surface area (TPSA) is 73.6 Å². The van der Waals surface area contributed by atoms with Gasteiger partial charge in [-0.05, 0) is 35.8 Å². The fraction of sp³-hybridized carbons (Fsp3) is 0.130. The summed E-state index contributed by atoms with van der Waals surface area (Å²) in [4.78, 5) is 30.2. The van der Waals surface area contributed by atoms with E-state index in [4.69, 9.17) is 16.3 Å². The highest BCUT2D eigenvalue weighted by Gasteiger charge is 2.16. The number of ether oxygens (including phenoxy) is 1. The lowest BCUT2D eigenvalue weighted by atomic mass is 10.0. The summed E-state index contributed by atoms with van der Waals surface area (Å²) >= 11 is 7.33. The minimum atomic E-state index is -0.522. The number of halogens is 1. The lowest BCUT2D eigenvalue weighted by Gasteiger charge is -2.09. The molecule has 0 aliphatic heterocycles. The molecule has 4 rings (SSSR count). The van der Waals surface area contributed by atoms with Gasteiger partial charge >= 0.3 is 5.97 Å². The van der Waals surface area contributed by atoms with Gasteiger partial charge in [0.1, 0.15) is 11.6 Å².